The molecule has 0 saturated carbocycles. The van der Waals surface area contributed by atoms with Gasteiger partial charge in [0.15, 0.2) is 5.69 Å². The van der Waals surface area contributed by atoms with Gasteiger partial charge in [-0.25, -0.2) is 14.5 Å². The van der Waals surface area contributed by atoms with E-state index >= 15 is 0 Å². The zero-order chi connectivity index (χ0) is 18.0. The third kappa shape index (κ3) is 3.59. The molecule has 3 rings (SSSR count). The molecule has 9 heteroatoms. The first-order chi connectivity index (χ1) is 11.9. The Morgan fingerprint density at radius 1 is 1.12 bits per heavy atom. The largest absolute Gasteiger partial charge is 0.364 e. The number of urea groups is 1. The van der Waals surface area contributed by atoms with E-state index in [-0.39, 0.29) is 11.4 Å². The van der Waals surface area contributed by atoms with Gasteiger partial charge >= 0.3 is 6.03 Å². The summed E-state index contributed by atoms with van der Waals surface area (Å²) in [5.74, 6) is -0.778. The van der Waals surface area contributed by atoms with Crippen molar-refractivity contribution in [3.8, 4) is 16.8 Å². The molecular weight excluding hydrogens is 344 g/mol. The van der Waals surface area contributed by atoms with Gasteiger partial charge in [-0.15, -0.1) is 0 Å². The second-order valence-electron chi connectivity index (χ2n) is 5.11. The van der Waals surface area contributed by atoms with E-state index in [1.807, 2.05) is 24.3 Å². The number of anilines is 1. The van der Waals surface area contributed by atoms with Crippen LogP contribution in [0.15, 0.2) is 48.8 Å². The van der Waals surface area contributed by atoms with Gasteiger partial charge < -0.3 is 16.8 Å². The Hall–Kier alpha value is -3.39. The maximum Gasteiger partial charge on any atom is 0.316 e. The fourth-order valence-electron chi connectivity index (χ4n) is 2.32. The molecule has 8 nitrogen and oxygen atoms in total. The number of halogens is 1. The van der Waals surface area contributed by atoms with Crippen LogP contribution in [0.1, 0.15) is 10.5 Å². The Bertz CT molecular complexity index is 969. The zero-order valence-corrected chi connectivity index (χ0v) is 13.6. The molecule has 3 amide bonds. The Morgan fingerprint density at radius 3 is 2.56 bits per heavy atom. The van der Waals surface area contributed by atoms with E-state index in [0.717, 1.165) is 11.1 Å². The Kier molecular flexibility index (Phi) is 4.36. The lowest BCUT2D eigenvalue weighted by molar-refractivity contribution is 0.0996. The standard InChI is InChI=1S/C16H13ClN6O2/c17-13-7-10(4-5-20-13)9-2-1-3-11(6-9)23-8-12(21-16(19)25)14(22-23)15(18)24/h1-8H,(H2,18,24)(H3,19,21,25). The molecule has 2 heterocycles. The number of nitrogens with zero attached hydrogens (tertiary/aromatic N) is 3. The number of nitrogens with two attached hydrogens (primary N) is 2. The maximum absolute atomic E-state index is 11.5. The Labute approximate surface area is 147 Å². The molecule has 0 fully saturated rings. The lowest BCUT2D eigenvalue weighted by Crippen LogP contribution is -2.22. The first kappa shape index (κ1) is 16.5. The number of nitrogens with one attached hydrogen (secondary N) is 1. The minimum absolute atomic E-state index is 0.0869. The zero-order valence-electron chi connectivity index (χ0n) is 12.8. The molecule has 0 aliphatic heterocycles. The minimum Gasteiger partial charge on any atom is -0.364 e. The van der Waals surface area contributed by atoms with Gasteiger partial charge in [0.05, 0.1) is 17.6 Å². The van der Waals surface area contributed by atoms with Crippen molar-refractivity contribution in [3.05, 3.63) is 59.6 Å². The van der Waals surface area contributed by atoms with Crippen molar-refractivity contribution >= 4 is 29.2 Å². The molecule has 0 bridgehead atoms. The highest BCUT2D eigenvalue weighted by molar-refractivity contribution is 6.29. The topological polar surface area (TPSA) is 129 Å². The Balaban J connectivity index is 2.04. The second kappa shape index (κ2) is 6.62. The van der Waals surface area contributed by atoms with E-state index in [2.05, 4.69) is 15.4 Å². The number of primary amides is 2. The van der Waals surface area contributed by atoms with Crippen LogP contribution in [0.3, 0.4) is 0 Å². The van der Waals surface area contributed by atoms with E-state index in [4.69, 9.17) is 23.1 Å². The average Bonchev–Trinajstić information content (AvgIpc) is 2.98. The Morgan fingerprint density at radius 2 is 1.88 bits per heavy atom. The predicted octanol–water partition coefficient (Wildman–Crippen LogP) is 2.18. The minimum atomic E-state index is -0.817. The number of hydrogen-bond acceptors (Lipinski definition) is 4. The molecule has 0 aliphatic carbocycles. The lowest BCUT2D eigenvalue weighted by atomic mass is 10.1. The van der Waals surface area contributed by atoms with Gasteiger partial charge in [-0.05, 0) is 35.4 Å². The van der Waals surface area contributed by atoms with Crippen LogP contribution in [0, 0.1) is 0 Å². The van der Waals surface area contributed by atoms with Gasteiger partial charge in [0.1, 0.15) is 5.15 Å². The quantitative estimate of drug-likeness (QED) is 0.618. The number of amides is 3. The van der Waals surface area contributed by atoms with Gasteiger partial charge in [-0.3, -0.25) is 4.79 Å². The van der Waals surface area contributed by atoms with Gasteiger partial charge in [0.2, 0.25) is 0 Å². The van der Waals surface area contributed by atoms with Crippen LogP contribution < -0.4 is 16.8 Å². The third-order valence-electron chi connectivity index (χ3n) is 3.38. The summed E-state index contributed by atoms with van der Waals surface area (Å²) in [6.07, 6.45) is 3.07. The van der Waals surface area contributed by atoms with Crippen molar-refractivity contribution in [3.63, 3.8) is 0 Å². The second-order valence-corrected chi connectivity index (χ2v) is 5.49. The van der Waals surface area contributed by atoms with Crippen LogP contribution in [-0.4, -0.2) is 26.7 Å². The summed E-state index contributed by atoms with van der Waals surface area (Å²) in [5.41, 5.74) is 12.8. The van der Waals surface area contributed by atoms with Gasteiger partial charge in [-0.2, -0.15) is 5.10 Å². The normalized spacial score (nSPS) is 10.4. The van der Waals surface area contributed by atoms with Crippen molar-refractivity contribution in [2.45, 2.75) is 0 Å². The van der Waals surface area contributed by atoms with Gasteiger partial charge in [0.25, 0.3) is 5.91 Å². The monoisotopic (exact) mass is 356 g/mol. The summed E-state index contributed by atoms with van der Waals surface area (Å²) in [6.45, 7) is 0. The van der Waals surface area contributed by atoms with E-state index < -0.39 is 11.9 Å². The number of carbonyl (C=O) groups excluding carboxylic acids is 2. The van der Waals surface area contributed by atoms with Crippen molar-refractivity contribution in [1.82, 2.24) is 14.8 Å². The van der Waals surface area contributed by atoms with Crippen molar-refractivity contribution in [2.75, 3.05) is 5.32 Å². The molecule has 0 saturated heterocycles. The molecule has 0 aliphatic rings. The number of benzene rings is 1. The number of pyridine rings is 1. The lowest BCUT2D eigenvalue weighted by Gasteiger charge is -2.06. The van der Waals surface area contributed by atoms with Crippen LogP contribution in [0.4, 0.5) is 10.5 Å². The van der Waals surface area contributed by atoms with Crippen molar-refractivity contribution in [2.24, 2.45) is 11.5 Å². The summed E-state index contributed by atoms with van der Waals surface area (Å²) in [5, 5.41) is 6.83. The number of aromatic nitrogens is 3. The molecule has 2 aromatic heterocycles. The third-order valence-corrected chi connectivity index (χ3v) is 3.58. The van der Waals surface area contributed by atoms with Crippen LogP contribution in [0.25, 0.3) is 16.8 Å². The van der Waals surface area contributed by atoms with E-state index in [1.165, 1.54) is 10.9 Å². The summed E-state index contributed by atoms with van der Waals surface area (Å²) in [6, 6.07) is 10.1. The molecule has 25 heavy (non-hydrogen) atoms. The van der Waals surface area contributed by atoms with Crippen molar-refractivity contribution in [1.29, 1.82) is 0 Å². The van der Waals surface area contributed by atoms with Crippen molar-refractivity contribution < 1.29 is 9.59 Å². The molecular formula is C16H13ClN6O2. The number of carbonyl (C=O) groups is 2. The van der Waals surface area contributed by atoms with Gasteiger partial charge in [-0.1, -0.05) is 23.7 Å². The summed E-state index contributed by atoms with van der Waals surface area (Å²) < 4.78 is 1.43. The number of rotatable bonds is 4. The molecule has 1 aromatic carbocycles. The van der Waals surface area contributed by atoms with E-state index in [1.54, 1.807) is 18.3 Å². The average molecular weight is 357 g/mol. The molecule has 0 atom stereocenters. The molecule has 0 unspecified atom stereocenters. The highest BCUT2D eigenvalue weighted by Gasteiger charge is 2.16. The smallest absolute Gasteiger partial charge is 0.316 e. The van der Waals surface area contributed by atoms with Crippen LogP contribution in [-0.2, 0) is 0 Å². The fraction of sp³-hybridized carbons (Fsp3) is 0. The van der Waals surface area contributed by atoms with E-state index in [0.29, 0.717) is 10.8 Å². The first-order valence-electron chi connectivity index (χ1n) is 7.12. The van der Waals surface area contributed by atoms with Gasteiger partial charge in [0, 0.05) is 6.20 Å². The fourth-order valence-corrected chi connectivity index (χ4v) is 2.50. The summed E-state index contributed by atoms with van der Waals surface area (Å²) in [4.78, 5) is 26.5. The van der Waals surface area contributed by atoms with Crippen LogP contribution in [0.2, 0.25) is 5.15 Å². The summed E-state index contributed by atoms with van der Waals surface area (Å²) >= 11 is 5.93. The first-order valence-corrected chi connectivity index (χ1v) is 7.50. The molecule has 126 valence electrons. The SMILES string of the molecule is NC(=O)Nc1cn(-c2cccc(-c3ccnc(Cl)c3)c2)nc1C(N)=O. The number of hydrogen-bond donors (Lipinski definition) is 3. The highest BCUT2D eigenvalue weighted by atomic mass is 35.5. The summed E-state index contributed by atoms with van der Waals surface area (Å²) in [7, 11) is 0. The van der Waals surface area contributed by atoms with E-state index in [9.17, 15) is 9.59 Å². The highest BCUT2D eigenvalue weighted by Crippen LogP contribution is 2.24. The molecule has 0 radical (unpaired) electrons. The molecule has 0 spiro atoms. The van der Waals surface area contributed by atoms with Crippen LogP contribution in [0.5, 0.6) is 0 Å². The molecule has 3 aromatic rings. The van der Waals surface area contributed by atoms with Crippen LogP contribution >= 0.6 is 11.6 Å². The maximum atomic E-state index is 11.5. The predicted molar refractivity (Wildman–Crippen MR) is 93.5 cm³/mol. The molecule has 5 N–H and O–H groups in total.